The minimum atomic E-state index is -0.101. The zero-order chi connectivity index (χ0) is 17.2. The number of benzene rings is 1. The SMILES string of the molecule is CCO[C@@H]1C[C@@H](NC(=O)c2cccc(C#N)c2C)C12CCOCC2. The molecule has 2 fully saturated rings. The molecule has 0 bridgehead atoms. The molecule has 3 rings (SSSR count). The molecule has 0 aromatic heterocycles. The van der Waals surface area contributed by atoms with Crippen molar-refractivity contribution < 1.29 is 14.3 Å². The van der Waals surface area contributed by atoms with E-state index in [1.165, 1.54) is 0 Å². The Morgan fingerprint density at radius 2 is 2.21 bits per heavy atom. The van der Waals surface area contributed by atoms with Crippen molar-refractivity contribution in [3.8, 4) is 6.07 Å². The van der Waals surface area contributed by atoms with Crippen molar-refractivity contribution in [3.63, 3.8) is 0 Å². The van der Waals surface area contributed by atoms with Gasteiger partial charge in [0.25, 0.3) is 5.91 Å². The van der Waals surface area contributed by atoms with Gasteiger partial charge < -0.3 is 14.8 Å². The van der Waals surface area contributed by atoms with Crippen LogP contribution in [0.3, 0.4) is 0 Å². The number of ether oxygens (including phenoxy) is 2. The van der Waals surface area contributed by atoms with Crippen LogP contribution in [0, 0.1) is 23.7 Å². The highest BCUT2D eigenvalue weighted by Gasteiger charge is 2.56. The first-order valence-corrected chi connectivity index (χ1v) is 8.62. The first-order valence-electron chi connectivity index (χ1n) is 8.62. The van der Waals surface area contributed by atoms with E-state index in [-0.39, 0.29) is 23.5 Å². The summed E-state index contributed by atoms with van der Waals surface area (Å²) in [5.74, 6) is -0.101. The number of nitriles is 1. The smallest absolute Gasteiger partial charge is 0.251 e. The van der Waals surface area contributed by atoms with Gasteiger partial charge in [-0.25, -0.2) is 0 Å². The number of hydrogen-bond acceptors (Lipinski definition) is 4. The van der Waals surface area contributed by atoms with Gasteiger partial charge in [0.05, 0.1) is 17.7 Å². The van der Waals surface area contributed by atoms with Crippen molar-refractivity contribution in [1.29, 1.82) is 5.26 Å². The Labute approximate surface area is 142 Å². The van der Waals surface area contributed by atoms with E-state index < -0.39 is 0 Å². The minimum absolute atomic E-state index is 0.00926. The van der Waals surface area contributed by atoms with Crippen LogP contribution in [0.2, 0.25) is 0 Å². The molecule has 1 amide bonds. The van der Waals surface area contributed by atoms with Crippen LogP contribution in [-0.2, 0) is 9.47 Å². The molecule has 1 aromatic carbocycles. The normalized spacial score (nSPS) is 24.9. The van der Waals surface area contributed by atoms with Crippen molar-refractivity contribution in [3.05, 3.63) is 34.9 Å². The molecule has 0 unspecified atom stereocenters. The summed E-state index contributed by atoms with van der Waals surface area (Å²) in [6.45, 7) is 5.96. The third-order valence-electron chi connectivity index (χ3n) is 5.58. The van der Waals surface area contributed by atoms with Crippen LogP contribution < -0.4 is 5.32 Å². The van der Waals surface area contributed by atoms with Crippen LogP contribution in [0.15, 0.2) is 18.2 Å². The highest BCUT2D eigenvalue weighted by atomic mass is 16.5. The summed E-state index contributed by atoms with van der Waals surface area (Å²) in [7, 11) is 0. The van der Waals surface area contributed by atoms with Gasteiger partial charge in [0.2, 0.25) is 0 Å². The molecule has 1 aliphatic heterocycles. The van der Waals surface area contributed by atoms with E-state index in [0.717, 1.165) is 38.0 Å². The second kappa shape index (κ2) is 6.92. The largest absolute Gasteiger partial charge is 0.381 e. The van der Waals surface area contributed by atoms with Crippen LogP contribution >= 0.6 is 0 Å². The number of hydrogen-bond donors (Lipinski definition) is 1. The lowest BCUT2D eigenvalue weighted by molar-refractivity contribution is -0.170. The molecule has 1 heterocycles. The number of carbonyl (C=O) groups excluding carboxylic acids is 1. The Bertz CT molecular complexity index is 659. The Morgan fingerprint density at radius 1 is 1.46 bits per heavy atom. The number of nitrogens with zero attached hydrogens (tertiary/aromatic N) is 1. The molecule has 5 nitrogen and oxygen atoms in total. The lowest BCUT2D eigenvalue weighted by Gasteiger charge is -2.57. The van der Waals surface area contributed by atoms with Crippen LogP contribution in [-0.4, -0.2) is 37.9 Å². The molecule has 5 heteroatoms. The summed E-state index contributed by atoms with van der Waals surface area (Å²) in [6.07, 6.45) is 2.87. The third kappa shape index (κ3) is 2.81. The van der Waals surface area contributed by atoms with Gasteiger partial charge in [-0.2, -0.15) is 5.26 Å². The summed E-state index contributed by atoms with van der Waals surface area (Å²) in [6, 6.07) is 7.52. The Kier molecular flexibility index (Phi) is 4.88. The standard InChI is InChI=1S/C19H24N2O3/c1-3-24-17-11-16(19(17)7-9-23-10-8-19)21-18(22)15-6-4-5-14(12-20)13(15)2/h4-6,16-17H,3,7-11H2,1-2H3,(H,21,22)/t16-,17-/m1/s1. The lowest BCUT2D eigenvalue weighted by Crippen LogP contribution is -2.66. The number of carbonyl (C=O) groups is 1. The van der Waals surface area contributed by atoms with Crippen LogP contribution in [0.25, 0.3) is 0 Å². The van der Waals surface area contributed by atoms with Crippen LogP contribution in [0.5, 0.6) is 0 Å². The van der Waals surface area contributed by atoms with Crippen molar-refractivity contribution in [2.75, 3.05) is 19.8 Å². The van der Waals surface area contributed by atoms with Gasteiger partial charge in [0.15, 0.2) is 0 Å². The number of rotatable bonds is 4. The van der Waals surface area contributed by atoms with Crippen molar-refractivity contribution in [1.82, 2.24) is 5.32 Å². The monoisotopic (exact) mass is 328 g/mol. The van der Waals surface area contributed by atoms with E-state index in [1.54, 1.807) is 18.2 Å². The van der Waals surface area contributed by atoms with Gasteiger partial charge in [-0.15, -0.1) is 0 Å². The van der Waals surface area contributed by atoms with Gasteiger partial charge in [0, 0.05) is 36.8 Å². The summed E-state index contributed by atoms with van der Waals surface area (Å²) >= 11 is 0. The Hall–Kier alpha value is -1.90. The van der Waals surface area contributed by atoms with Crippen LogP contribution in [0.4, 0.5) is 0 Å². The molecule has 1 aliphatic carbocycles. The van der Waals surface area contributed by atoms with Gasteiger partial charge in [-0.05, 0) is 50.8 Å². The fourth-order valence-corrected chi connectivity index (χ4v) is 4.05. The maximum atomic E-state index is 12.7. The van der Waals surface area contributed by atoms with Crippen molar-refractivity contribution in [2.45, 2.75) is 45.3 Å². The number of amides is 1. The van der Waals surface area contributed by atoms with Crippen LogP contribution in [0.1, 0.15) is 47.7 Å². The molecule has 2 atom stereocenters. The van der Waals surface area contributed by atoms with E-state index in [0.29, 0.717) is 17.7 Å². The predicted octanol–water partition coefficient (Wildman–Crippen LogP) is 2.57. The van der Waals surface area contributed by atoms with Gasteiger partial charge in [0.1, 0.15) is 0 Å². The Morgan fingerprint density at radius 3 is 2.88 bits per heavy atom. The summed E-state index contributed by atoms with van der Waals surface area (Å²) in [5, 5.41) is 12.3. The zero-order valence-corrected chi connectivity index (χ0v) is 14.3. The van der Waals surface area contributed by atoms with Gasteiger partial charge in [-0.1, -0.05) is 6.07 Å². The molecule has 1 saturated carbocycles. The molecule has 0 radical (unpaired) electrons. The highest BCUT2D eigenvalue weighted by Crippen LogP contribution is 2.50. The van der Waals surface area contributed by atoms with Crippen molar-refractivity contribution in [2.24, 2.45) is 5.41 Å². The van der Waals surface area contributed by atoms with Gasteiger partial charge >= 0.3 is 0 Å². The maximum Gasteiger partial charge on any atom is 0.251 e. The molecule has 1 aromatic rings. The van der Waals surface area contributed by atoms with E-state index >= 15 is 0 Å². The fourth-order valence-electron chi connectivity index (χ4n) is 4.05. The van der Waals surface area contributed by atoms with Gasteiger partial charge in [-0.3, -0.25) is 4.79 Å². The summed E-state index contributed by atoms with van der Waals surface area (Å²) in [4.78, 5) is 12.7. The molecule has 24 heavy (non-hydrogen) atoms. The second-order valence-corrected chi connectivity index (χ2v) is 6.64. The second-order valence-electron chi connectivity index (χ2n) is 6.64. The molecular formula is C19H24N2O3. The summed E-state index contributed by atoms with van der Waals surface area (Å²) in [5.41, 5.74) is 1.85. The molecule has 1 saturated heterocycles. The molecule has 2 aliphatic rings. The molecule has 1 spiro atoms. The minimum Gasteiger partial charge on any atom is -0.381 e. The topological polar surface area (TPSA) is 71.3 Å². The van der Waals surface area contributed by atoms with Crippen molar-refractivity contribution >= 4 is 5.91 Å². The fraction of sp³-hybridized carbons (Fsp3) is 0.579. The third-order valence-corrected chi connectivity index (χ3v) is 5.58. The Balaban J connectivity index is 1.76. The first kappa shape index (κ1) is 16.9. The van der Waals surface area contributed by atoms with E-state index in [1.807, 2.05) is 13.8 Å². The van der Waals surface area contributed by atoms with E-state index in [4.69, 9.17) is 14.7 Å². The quantitative estimate of drug-likeness (QED) is 0.922. The average Bonchev–Trinajstić information content (AvgIpc) is 2.61. The first-order chi connectivity index (χ1) is 11.6. The molecule has 1 N–H and O–H groups in total. The summed E-state index contributed by atoms with van der Waals surface area (Å²) < 4.78 is 11.4. The van der Waals surface area contributed by atoms with E-state index in [9.17, 15) is 4.79 Å². The molecule has 128 valence electrons. The predicted molar refractivity (Wildman–Crippen MR) is 89.7 cm³/mol. The molecular weight excluding hydrogens is 304 g/mol. The average molecular weight is 328 g/mol. The maximum absolute atomic E-state index is 12.7. The van der Waals surface area contributed by atoms with E-state index in [2.05, 4.69) is 11.4 Å². The lowest BCUT2D eigenvalue weighted by atomic mass is 9.57. The number of nitrogens with one attached hydrogen (secondary N) is 1. The zero-order valence-electron chi connectivity index (χ0n) is 14.3. The highest BCUT2D eigenvalue weighted by molar-refractivity contribution is 5.96.